The number of anilines is 1. The summed E-state index contributed by atoms with van der Waals surface area (Å²) in [5, 5.41) is 23.2. The van der Waals surface area contributed by atoms with Crippen LogP contribution in [0.2, 0.25) is 0 Å². The van der Waals surface area contributed by atoms with Gasteiger partial charge in [0.15, 0.2) is 0 Å². The van der Waals surface area contributed by atoms with Crippen LogP contribution in [0.3, 0.4) is 0 Å². The monoisotopic (exact) mass is 437 g/mol. The van der Waals surface area contributed by atoms with Gasteiger partial charge < -0.3 is 20.3 Å². The fourth-order valence-corrected chi connectivity index (χ4v) is 3.19. The molecule has 0 aliphatic rings. The number of fused-ring (bicyclic) bond motifs is 1. The van der Waals surface area contributed by atoms with Crippen molar-refractivity contribution in [2.24, 2.45) is 0 Å². The molecule has 0 saturated carbocycles. The summed E-state index contributed by atoms with van der Waals surface area (Å²) in [5.41, 5.74) is 3.31. The summed E-state index contributed by atoms with van der Waals surface area (Å²) in [4.78, 5) is 21.0. The number of pyridine rings is 1. The highest BCUT2D eigenvalue weighted by Crippen LogP contribution is 2.29. The van der Waals surface area contributed by atoms with Crippen LogP contribution < -0.4 is 10.1 Å². The van der Waals surface area contributed by atoms with Crippen LogP contribution in [0.25, 0.3) is 16.6 Å². The van der Waals surface area contributed by atoms with Gasteiger partial charge >= 0.3 is 0 Å². The molecule has 0 aliphatic heterocycles. The van der Waals surface area contributed by atoms with E-state index in [1.54, 1.807) is 54.2 Å². The number of carbonyl (C=O) groups excluding carboxylic acids is 1. The highest BCUT2D eigenvalue weighted by Gasteiger charge is 2.14. The zero-order chi connectivity index (χ0) is 23.1. The SMILES string of the molecule is COc1cccc2c(-c3cc(F)cc(C(=O)Nc4cccc(CO)c4)c3)cnn12.O=CO. The van der Waals surface area contributed by atoms with Gasteiger partial charge in [0.25, 0.3) is 12.4 Å². The topological polar surface area (TPSA) is 113 Å². The van der Waals surface area contributed by atoms with Gasteiger partial charge in [0, 0.05) is 22.9 Å². The highest BCUT2D eigenvalue weighted by atomic mass is 19.1. The molecule has 2 heterocycles. The lowest BCUT2D eigenvalue weighted by atomic mass is 10.0. The van der Waals surface area contributed by atoms with Crippen LogP contribution in [-0.2, 0) is 11.4 Å². The fraction of sp³-hybridized carbons (Fsp3) is 0.0870. The molecule has 2 aromatic heterocycles. The Morgan fingerprint density at radius 3 is 2.66 bits per heavy atom. The maximum absolute atomic E-state index is 14.3. The Morgan fingerprint density at radius 1 is 1.19 bits per heavy atom. The van der Waals surface area contributed by atoms with Crippen molar-refractivity contribution in [1.29, 1.82) is 0 Å². The van der Waals surface area contributed by atoms with E-state index in [1.165, 1.54) is 12.1 Å². The number of nitrogens with zero attached hydrogens (tertiary/aromatic N) is 2. The fourth-order valence-electron chi connectivity index (χ4n) is 3.19. The lowest BCUT2D eigenvalue weighted by molar-refractivity contribution is -0.122. The Kier molecular flexibility index (Phi) is 7.14. The predicted molar refractivity (Wildman–Crippen MR) is 116 cm³/mol. The van der Waals surface area contributed by atoms with E-state index in [9.17, 15) is 14.3 Å². The van der Waals surface area contributed by atoms with E-state index in [2.05, 4.69) is 10.4 Å². The van der Waals surface area contributed by atoms with Crippen molar-refractivity contribution in [3.8, 4) is 17.0 Å². The molecule has 4 aromatic rings. The molecule has 0 spiro atoms. The van der Waals surface area contributed by atoms with E-state index in [4.69, 9.17) is 14.6 Å². The number of aliphatic hydroxyl groups is 1. The van der Waals surface area contributed by atoms with Crippen LogP contribution in [0, 0.1) is 5.82 Å². The molecule has 0 saturated heterocycles. The summed E-state index contributed by atoms with van der Waals surface area (Å²) in [6.45, 7) is -0.383. The quantitative estimate of drug-likeness (QED) is 0.411. The minimum absolute atomic E-state index is 0.133. The summed E-state index contributed by atoms with van der Waals surface area (Å²) >= 11 is 0. The van der Waals surface area contributed by atoms with Crippen LogP contribution in [0.15, 0.2) is 66.9 Å². The molecule has 3 N–H and O–H groups in total. The number of carboxylic acid groups (broad SMARTS) is 1. The smallest absolute Gasteiger partial charge is 0.290 e. The first-order chi connectivity index (χ1) is 15.5. The number of hydrogen-bond acceptors (Lipinski definition) is 5. The normalized spacial score (nSPS) is 10.2. The number of methoxy groups -OCH3 is 1. The number of halogens is 1. The van der Waals surface area contributed by atoms with Gasteiger partial charge in [-0.25, -0.2) is 8.91 Å². The van der Waals surface area contributed by atoms with Gasteiger partial charge in [0.05, 0.1) is 25.4 Å². The number of nitrogens with one attached hydrogen (secondary N) is 1. The van der Waals surface area contributed by atoms with E-state index in [-0.39, 0.29) is 18.6 Å². The van der Waals surface area contributed by atoms with E-state index in [0.29, 0.717) is 28.3 Å². The Bertz CT molecular complexity index is 1260. The number of amides is 1. The summed E-state index contributed by atoms with van der Waals surface area (Å²) < 4.78 is 21.2. The Hall–Kier alpha value is -4.24. The van der Waals surface area contributed by atoms with Crippen molar-refractivity contribution in [2.45, 2.75) is 6.61 Å². The average molecular weight is 437 g/mol. The van der Waals surface area contributed by atoms with Gasteiger partial charge in [-0.15, -0.1) is 0 Å². The highest BCUT2D eigenvalue weighted by molar-refractivity contribution is 6.05. The number of hydrogen-bond donors (Lipinski definition) is 3. The third kappa shape index (κ3) is 4.90. The van der Waals surface area contributed by atoms with Crippen molar-refractivity contribution in [3.05, 3.63) is 83.8 Å². The molecule has 0 radical (unpaired) electrons. The second-order valence-electron chi connectivity index (χ2n) is 6.57. The molecule has 0 fully saturated rings. The van der Waals surface area contributed by atoms with Crippen molar-refractivity contribution in [3.63, 3.8) is 0 Å². The molecule has 4 rings (SSSR count). The molecule has 32 heavy (non-hydrogen) atoms. The van der Waals surface area contributed by atoms with E-state index >= 15 is 0 Å². The first-order valence-electron chi connectivity index (χ1n) is 9.41. The first kappa shape index (κ1) is 22.4. The molecular weight excluding hydrogens is 417 g/mol. The molecular formula is C23H20FN3O5. The number of rotatable bonds is 5. The van der Waals surface area contributed by atoms with E-state index in [1.807, 2.05) is 12.1 Å². The molecule has 0 aliphatic carbocycles. The van der Waals surface area contributed by atoms with Crippen LogP contribution >= 0.6 is 0 Å². The van der Waals surface area contributed by atoms with Crippen molar-refractivity contribution >= 4 is 23.6 Å². The van der Waals surface area contributed by atoms with Gasteiger partial charge in [-0.3, -0.25) is 9.59 Å². The summed E-state index contributed by atoms with van der Waals surface area (Å²) in [6, 6.07) is 16.4. The van der Waals surface area contributed by atoms with E-state index in [0.717, 1.165) is 5.52 Å². The molecule has 0 atom stereocenters. The van der Waals surface area contributed by atoms with Crippen LogP contribution in [0.5, 0.6) is 5.88 Å². The number of aromatic nitrogens is 2. The number of aliphatic hydroxyl groups excluding tert-OH is 1. The minimum atomic E-state index is -0.529. The molecule has 8 nitrogen and oxygen atoms in total. The summed E-state index contributed by atoms with van der Waals surface area (Å²) in [7, 11) is 1.55. The summed E-state index contributed by atoms with van der Waals surface area (Å²) in [6.07, 6.45) is 1.61. The second kappa shape index (κ2) is 10.2. The third-order valence-electron chi connectivity index (χ3n) is 4.56. The van der Waals surface area contributed by atoms with Gasteiger partial charge in [0.2, 0.25) is 5.88 Å². The third-order valence-corrected chi connectivity index (χ3v) is 4.56. The minimum Gasteiger partial charge on any atom is -0.483 e. The van der Waals surface area contributed by atoms with Crippen LogP contribution in [0.1, 0.15) is 15.9 Å². The maximum Gasteiger partial charge on any atom is 0.290 e. The Labute approximate surface area is 182 Å². The number of carbonyl (C=O) groups is 2. The van der Waals surface area contributed by atoms with Gasteiger partial charge in [-0.05, 0) is 47.5 Å². The van der Waals surface area contributed by atoms with Crippen LogP contribution in [0.4, 0.5) is 10.1 Å². The first-order valence-corrected chi connectivity index (χ1v) is 9.41. The molecule has 2 aromatic carbocycles. The lowest BCUT2D eigenvalue weighted by Crippen LogP contribution is -2.12. The molecule has 1 amide bonds. The lowest BCUT2D eigenvalue weighted by Gasteiger charge is -2.09. The van der Waals surface area contributed by atoms with Crippen molar-refractivity contribution < 1.29 is 28.9 Å². The zero-order valence-corrected chi connectivity index (χ0v) is 17.0. The van der Waals surface area contributed by atoms with Gasteiger partial charge in [-0.2, -0.15) is 5.10 Å². The van der Waals surface area contributed by atoms with Gasteiger partial charge in [-0.1, -0.05) is 18.2 Å². The van der Waals surface area contributed by atoms with Gasteiger partial charge in [0.1, 0.15) is 5.82 Å². The maximum atomic E-state index is 14.3. The second-order valence-corrected chi connectivity index (χ2v) is 6.57. The average Bonchev–Trinajstić information content (AvgIpc) is 3.23. The van der Waals surface area contributed by atoms with E-state index < -0.39 is 11.7 Å². The molecule has 9 heteroatoms. The van der Waals surface area contributed by atoms with Crippen molar-refractivity contribution in [2.75, 3.05) is 12.4 Å². The Balaban J connectivity index is 0.000000913. The zero-order valence-electron chi connectivity index (χ0n) is 17.0. The largest absolute Gasteiger partial charge is 0.483 e. The molecule has 164 valence electrons. The van der Waals surface area contributed by atoms with Crippen LogP contribution in [-0.4, -0.2) is 39.3 Å². The molecule has 0 unspecified atom stereocenters. The Morgan fingerprint density at radius 2 is 1.94 bits per heavy atom. The number of benzene rings is 2. The van der Waals surface area contributed by atoms with Crippen molar-refractivity contribution in [1.82, 2.24) is 9.61 Å². The predicted octanol–water partition coefficient (Wildman–Crippen LogP) is 3.59. The molecule has 0 bridgehead atoms. The number of ether oxygens (including phenoxy) is 1. The standard InChI is InChI=1S/C22H18FN3O3.CH2O2/c1-29-21-7-3-6-20-19(12-24-26(20)21)15-9-16(11-17(23)10-15)22(28)25-18-5-2-4-14(8-18)13-27;2-1-3/h2-12,27H,13H2,1H3,(H,25,28);1H,(H,2,3). The summed E-state index contributed by atoms with van der Waals surface area (Å²) in [5.74, 6) is -0.430.